The van der Waals surface area contributed by atoms with Gasteiger partial charge in [0.15, 0.2) is 5.78 Å². The van der Waals surface area contributed by atoms with Crippen LogP contribution in [-0.4, -0.2) is 236 Å². The van der Waals surface area contributed by atoms with Crippen LogP contribution in [-0.2, 0) is 101 Å². The van der Waals surface area contributed by atoms with Gasteiger partial charge >= 0.3 is 6.03 Å². The van der Waals surface area contributed by atoms with E-state index in [4.69, 9.17) is 39.1 Å². The Labute approximate surface area is 773 Å². The first-order valence-electron chi connectivity index (χ1n) is 43.6. The number of carbonyl (C=O) groups is 18. The van der Waals surface area contributed by atoms with Crippen molar-refractivity contribution in [2.75, 3.05) is 32.8 Å². The maximum absolute atomic E-state index is 16.3. The number of aliphatic hydroxyl groups is 1. The van der Waals surface area contributed by atoms with Crippen LogP contribution in [0.1, 0.15) is 175 Å². The van der Waals surface area contributed by atoms with E-state index in [0.717, 1.165) is 46.4 Å². The van der Waals surface area contributed by atoms with Crippen molar-refractivity contribution < 1.29 is 96.1 Å². The van der Waals surface area contributed by atoms with E-state index in [0.29, 0.717) is 38.7 Å². The molecule has 0 spiro atoms. The summed E-state index contributed by atoms with van der Waals surface area (Å²) in [5.41, 5.74) is 32.9. The smallest absolute Gasteiger partial charge is 0.312 e. The van der Waals surface area contributed by atoms with E-state index in [9.17, 15) is 62.6 Å². The molecule has 0 unspecified atom stereocenters. The lowest BCUT2D eigenvalue weighted by Gasteiger charge is -2.39. The zero-order valence-corrected chi connectivity index (χ0v) is 78.0. The van der Waals surface area contributed by atoms with E-state index < -0.39 is 207 Å². The Bertz CT molecular complexity index is 4970. The molecular formula is C89H129N21O20S2. The molecule has 1 aliphatic rings. The standard InChI is InChI=1S/C89H129N21O20S2/c1-48-21-18-24-58-56(47-98-70(48)58)44-63-77(121)100-59(26-20-39-97-85(95)129)75(119)108-73(88(9,10)132-131-87(7,8)72(99-51(4)113)82(126)105-64(45-68(93)116)78(122)107-71(49(2)111)81(125)103-63)83(127)104-61(42-52-30-33-57(34-31-52)130-40-37-91)76(120)101-62(43-53-29-32-54-22-12-13-23-55(54)41-53)80(124)110-89(11,35-15-16-36-90)84(128)106-60(25-14-17-38-96-50(3)112)74(118)102-65(46-69(94)117)79(123)109-86(5,6)66(114)27-19-28-67(92)115/h12-13,18,21-24,29-34,41,47,49,59-65,71-73,98,111H,14-17,19-20,25-28,35-40,42-46,90-91H2,1-11H3,(H2,92,115)(H2,93,116)(H2,94,117)(H,96,112)(H,99,113)(H,100,121)(H,101,120)(H,102,118)(H,103,125)(H,104,127)(H,105,126)(H,106,128)(H,107,122)(H,108,119)(H,109,123)(H,110,124)(H3,95,97,129)/t49-,59+,60+,61+,62+,63+,64+,65+,71+,72-,73-,89+/m1/s1. The summed E-state index contributed by atoms with van der Waals surface area (Å²) in [4.78, 5) is 259. The van der Waals surface area contributed by atoms with Crippen LogP contribution < -0.4 is 114 Å². The van der Waals surface area contributed by atoms with Crippen molar-refractivity contribution in [3.05, 3.63) is 113 Å². The number of aliphatic hydroxyl groups excluding tert-OH is 1. The number of carbonyl (C=O) groups excluding carboxylic acids is 18. The number of fused-ring (bicyclic) bond motifs is 2. The highest BCUT2D eigenvalue weighted by Gasteiger charge is 2.48. The van der Waals surface area contributed by atoms with Crippen LogP contribution in [0, 0.1) is 6.92 Å². The summed E-state index contributed by atoms with van der Waals surface area (Å²) < 4.78 is 2.51. The molecule has 0 aliphatic carbocycles. The van der Waals surface area contributed by atoms with Crippen LogP contribution in [0.5, 0.6) is 5.75 Å². The Kier molecular flexibility index (Phi) is 41.7. The molecule has 0 bridgehead atoms. The van der Waals surface area contributed by atoms with E-state index in [1.165, 1.54) is 55.4 Å². The van der Waals surface area contributed by atoms with Crippen LogP contribution in [0.4, 0.5) is 4.79 Å². The quantitative estimate of drug-likeness (QED) is 0.0161. The van der Waals surface area contributed by atoms with Crippen LogP contribution in [0.2, 0.25) is 0 Å². The SMILES string of the molecule is CC(=O)NCCCC[C@H](NC(=O)[C@](C)(CCCCN)NC(=O)[C@H](Cc1ccc2ccccc2c1)NC(=O)[C@H](Cc1ccc(OCCN)cc1)NC(=O)[C@H]1NC(=O)[C@H](CCCNC(N)=O)NC(=O)[C@H](Cc2c[nH]c3c(C)cccc23)NC(=O)[C@H]([C@@H](C)O)NC(=O)[C@H](CC(N)=O)NC(=O)[C@@H](NC(C)=O)C(C)(C)SSC1(C)C)C(=O)N[C@@H](CC(N)=O)C(=O)NC(C)(C)C(=O)CCCC(N)=O. The van der Waals surface area contributed by atoms with E-state index in [1.54, 1.807) is 66.9 Å². The van der Waals surface area contributed by atoms with Crippen LogP contribution in [0.25, 0.3) is 21.7 Å². The van der Waals surface area contributed by atoms with Gasteiger partial charge in [0, 0.05) is 92.2 Å². The third kappa shape index (κ3) is 34.0. The number of hydrogen-bond acceptors (Lipinski definition) is 24. The average Bonchev–Trinajstić information content (AvgIpc) is 0.816. The number of nitrogens with two attached hydrogens (primary N) is 6. The average molecular weight is 1880 g/mol. The summed E-state index contributed by atoms with van der Waals surface area (Å²) in [5, 5.41) is 50.4. The number of urea groups is 1. The number of amides is 18. The zero-order valence-electron chi connectivity index (χ0n) is 76.3. The zero-order chi connectivity index (χ0) is 98.1. The second-order valence-corrected chi connectivity index (χ2v) is 38.1. The summed E-state index contributed by atoms with van der Waals surface area (Å²) in [6.45, 7) is 15.8. The van der Waals surface area contributed by atoms with Gasteiger partial charge in [-0.2, -0.15) is 0 Å². The molecule has 0 radical (unpaired) electrons. The fraction of sp³-hybridized carbons (Fsp3) is 0.528. The topological polar surface area (TPSA) is 677 Å². The van der Waals surface area contributed by atoms with E-state index in [1.807, 2.05) is 31.2 Å². The lowest BCUT2D eigenvalue weighted by Crippen LogP contribution is -2.65. The first-order valence-corrected chi connectivity index (χ1v) is 45.7. The number of aromatic nitrogens is 1. The number of aryl methyl sites for hydroxylation is 1. The summed E-state index contributed by atoms with van der Waals surface area (Å²) >= 11 is 0. The highest BCUT2D eigenvalue weighted by molar-refractivity contribution is 8.77. The van der Waals surface area contributed by atoms with Crippen molar-refractivity contribution in [1.82, 2.24) is 79.4 Å². The normalized spacial score (nSPS) is 19.0. The first kappa shape index (κ1) is 108. The molecule has 1 aliphatic heterocycles. The van der Waals surface area contributed by atoms with Crippen LogP contribution in [0.3, 0.4) is 0 Å². The Balaban J connectivity index is 1.53. The number of para-hydroxylation sites is 1. The van der Waals surface area contributed by atoms with Gasteiger partial charge in [0.25, 0.3) is 0 Å². The Morgan fingerprint density at radius 2 is 1.17 bits per heavy atom. The van der Waals surface area contributed by atoms with Crippen LogP contribution >= 0.6 is 21.6 Å². The molecule has 5 aromatic rings. The number of hydrogen-bond donors (Lipinski definition) is 22. The third-order valence-electron chi connectivity index (χ3n) is 22.0. The molecule has 1 saturated heterocycles. The van der Waals surface area contributed by atoms with Gasteiger partial charge in [0.2, 0.25) is 94.5 Å². The fourth-order valence-corrected chi connectivity index (χ4v) is 17.4. The Hall–Kier alpha value is -12.5. The molecule has 132 heavy (non-hydrogen) atoms. The molecule has 4 aromatic carbocycles. The molecular weight excluding hydrogens is 1750 g/mol. The van der Waals surface area contributed by atoms with Gasteiger partial charge in [-0.25, -0.2) is 4.79 Å². The molecule has 1 fully saturated rings. The second-order valence-electron chi connectivity index (χ2n) is 34.6. The van der Waals surface area contributed by atoms with Crippen molar-refractivity contribution in [2.45, 2.75) is 266 Å². The van der Waals surface area contributed by atoms with Gasteiger partial charge in [0.05, 0.1) is 24.5 Å². The summed E-state index contributed by atoms with van der Waals surface area (Å²) in [7, 11) is 1.76. The minimum Gasteiger partial charge on any atom is -0.492 e. The lowest BCUT2D eigenvalue weighted by atomic mass is 9.91. The van der Waals surface area contributed by atoms with Gasteiger partial charge in [-0.15, -0.1) is 0 Å². The van der Waals surface area contributed by atoms with Gasteiger partial charge < -0.3 is 124 Å². The van der Waals surface area contributed by atoms with Crippen molar-refractivity contribution in [2.24, 2.45) is 34.4 Å². The molecule has 41 nitrogen and oxygen atoms in total. The number of rotatable bonds is 45. The number of Topliss-reactive ketones (excluding diaryl/α,β-unsaturated/α-hetero) is 1. The number of aromatic amines is 1. The first-order chi connectivity index (χ1) is 62.1. The largest absolute Gasteiger partial charge is 0.492 e. The molecule has 0 saturated carbocycles. The highest BCUT2D eigenvalue weighted by atomic mass is 33.1. The fourth-order valence-electron chi connectivity index (χ4n) is 14.6. The molecule has 6 rings (SSSR count). The number of H-pyrrole nitrogens is 1. The summed E-state index contributed by atoms with van der Waals surface area (Å²) in [6, 6.07) is 5.51. The Morgan fingerprint density at radius 3 is 1.80 bits per heavy atom. The van der Waals surface area contributed by atoms with E-state index in [2.05, 4.69) is 79.4 Å². The predicted octanol–water partition coefficient (Wildman–Crippen LogP) is -1.18. The predicted molar refractivity (Wildman–Crippen MR) is 496 cm³/mol. The van der Waals surface area contributed by atoms with Crippen molar-refractivity contribution >= 4 is 150 Å². The highest BCUT2D eigenvalue weighted by Crippen LogP contribution is 2.47. The maximum Gasteiger partial charge on any atom is 0.312 e. The molecule has 12 atom stereocenters. The van der Waals surface area contributed by atoms with E-state index >= 15 is 28.8 Å². The minimum atomic E-state index is -2.05. The Morgan fingerprint density at radius 1 is 0.561 bits per heavy atom. The number of benzene rings is 4. The molecule has 2 heterocycles. The van der Waals surface area contributed by atoms with Gasteiger partial charge in [0.1, 0.15) is 78.3 Å². The number of ketones is 1. The van der Waals surface area contributed by atoms with Gasteiger partial charge in [-0.1, -0.05) is 94.4 Å². The number of ether oxygens (including phenoxy) is 1. The monoisotopic (exact) mass is 1880 g/mol. The summed E-state index contributed by atoms with van der Waals surface area (Å²) in [5.74, 6) is -16.0. The van der Waals surface area contributed by atoms with Gasteiger partial charge in [-0.3, -0.25) is 81.5 Å². The molecule has 722 valence electrons. The minimum absolute atomic E-state index is 0.0545. The second kappa shape index (κ2) is 50.8. The molecule has 1 aromatic heterocycles. The van der Waals surface area contributed by atoms with Crippen molar-refractivity contribution in [3.63, 3.8) is 0 Å². The van der Waals surface area contributed by atoms with Crippen molar-refractivity contribution in [1.29, 1.82) is 0 Å². The molecule has 43 heteroatoms. The van der Waals surface area contributed by atoms with Crippen LogP contribution in [0.15, 0.2) is 91.1 Å². The number of primary amides is 4. The number of nitrogens with one attached hydrogen (secondary N) is 15. The molecule has 18 amide bonds. The van der Waals surface area contributed by atoms with E-state index in [-0.39, 0.29) is 122 Å². The van der Waals surface area contributed by atoms with Gasteiger partial charge in [-0.05, 0) is 172 Å². The van der Waals surface area contributed by atoms with Crippen molar-refractivity contribution in [3.8, 4) is 5.75 Å². The number of unbranched alkanes of at least 4 members (excludes halogenated alkanes) is 2. The maximum atomic E-state index is 16.3. The summed E-state index contributed by atoms with van der Waals surface area (Å²) in [6.07, 6.45) is -3.26. The lowest BCUT2D eigenvalue weighted by molar-refractivity contribution is -0.139. The third-order valence-corrected chi connectivity index (χ3v) is 26.2. The molecule has 28 N–H and O–H groups in total.